The van der Waals surface area contributed by atoms with Crippen LogP contribution in [0.1, 0.15) is 6.42 Å². The van der Waals surface area contributed by atoms with Crippen molar-refractivity contribution in [1.82, 2.24) is 16.0 Å². The summed E-state index contributed by atoms with van der Waals surface area (Å²) < 4.78 is 25.7. The molecule has 3 amide bonds. The number of carboxylic acids is 1. The number of nitrogens with two attached hydrogens (primary N) is 1. The van der Waals surface area contributed by atoms with Crippen molar-refractivity contribution in [3.05, 3.63) is 0 Å². The van der Waals surface area contributed by atoms with Crippen molar-refractivity contribution in [2.75, 3.05) is 78.4 Å². The van der Waals surface area contributed by atoms with Crippen LogP contribution in [0.3, 0.4) is 0 Å². The molecule has 198 valence electrons. The summed E-state index contributed by atoms with van der Waals surface area (Å²) in [7, 11) is 2.82. The van der Waals surface area contributed by atoms with Crippen LogP contribution in [-0.2, 0) is 33.3 Å². The number of hydrogen-bond donors (Lipinski definition) is 5. The summed E-state index contributed by atoms with van der Waals surface area (Å²) in [5.41, 5.74) is 5.87. The Labute approximate surface area is 202 Å². The predicted molar refractivity (Wildman–Crippen MR) is 123 cm³/mol. The third kappa shape index (κ3) is 19.2. The van der Waals surface area contributed by atoms with Gasteiger partial charge in [-0.25, -0.2) is 9.59 Å². The van der Waals surface area contributed by atoms with Gasteiger partial charge >= 0.3 is 18.2 Å². The summed E-state index contributed by atoms with van der Waals surface area (Å²) in [6, 6.07) is -0.782. The molecule has 0 fully saturated rings. The van der Waals surface area contributed by atoms with E-state index in [1.54, 1.807) is 0 Å². The second-order valence-corrected chi connectivity index (χ2v) is 7.62. The van der Waals surface area contributed by atoms with Crippen LogP contribution in [0.4, 0.5) is 9.59 Å². The van der Waals surface area contributed by atoms with Crippen molar-refractivity contribution in [1.29, 1.82) is 0 Å². The van der Waals surface area contributed by atoms with Crippen molar-refractivity contribution >= 4 is 35.8 Å². The highest BCUT2D eigenvalue weighted by Crippen LogP contribution is 2.09. The number of rotatable bonds is 20. The maximum atomic E-state index is 12.0. The molecule has 0 bridgehead atoms. The summed E-state index contributed by atoms with van der Waals surface area (Å²) >= 11 is 1.28. The Bertz CT molecular complexity index is 599. The molecule has 0 aromatic rings. The van der Waals surface area contributed by atoms with Gasteiger partial charge in [0.15, 0.2) is 0 Å². The van der Waals surface area contributed by atoms with Crippen molar-refractivity contribution in [3.63, 3.8) is 0 Å². The standard InChI is InChI=1S/C19H36N4O10S/c1-21-18(27)32-11-14(33-19(28)22-2)12-34-13-15(20)17(26)23-4-6-30-8-10-31-9-7-29-5-3-16(24)25/h14-15H,3-13,20H2,1-2H3,(H,21,27)(H,22,28)(H,23,26)(H,24,25). The molecular weight excluding hydrogens is 476 g/mol. The van der Waals surface area contributed by atoms with E-state index < -0.39 is 30.3 Å². The molecule has 0 aromatic carbocycles. The Balaban J connectivity index is 3.83. The van der Waals surface area contributed by atoms with Crippen LogP contribution in [0, 0.1) is 0 Å². The average molecular weight is 513 g/mol. The highest BCUT2D eigenvalue weighted by molar-refractivity contribution is 7.99. The van der Waals surface area contributed by atoms with Gasteiger partial charge in [0, 0.05) is 32.1 Å². The van der Waals surface area contributed by atoms with Crippen molar-refractivity contribution in [2.24, 2.45) is 5.73 Å². The van der Waals surface area contributed by atoms with Gasteiger partial charge in [-0.3, -0.25) is 9.59 Å². The first kappa shape index (κ1) is 31.7. The molecule has 0 aliphatic rings. The van der Waals surface area contributed by atoms with Crippen molar-refractivity contribution in [3.8, 4) is 0 Å². The van der Waals surface area contributed by atoms with Crippen LogP contribution in [-0.4, -0.2) is 120 Å². The summed E-state index contributed by atoms with van der Waals surface area (Å²) in [6.07, 6.45) is -2.06. The summed E-state index contributed by atoms with van der Waals surface area (Å²) in [6.45, 7) is 1.87. The third-order valence-corrected chi connectivity index (χ3v) is 4.97. The molecule has 6 N–H and O–H groups in total. The molecule has 0 rings (SSSR count). The zero-order valence-electron chi connectivity index (χ0n) is 19.5. The van der Waals surface area contributed by atoms with Gasteiger partial charge in [0.1, 0.15) is 12.7 Å². The SMILES string of the molecule is CNC(=O)OCC(CSCC(N)C(=O)NCCOCCOCCOCCC(=O)O)OC(=O)NC. The van der Waals surface area contributed by atoms with Gasteiger partial charge in [0.05, 0.1) is 52.1 Å². The summed E-state index contributed by atoms with van der Waals surface area (Å²) in [5, 5.41) is 15.7. The Morgan fingerprint density at radius 1 is 0.882 bits per heavy atom. The number of nitrogens with one attached hydrogen (secondary N) is 3. The van der Waals surface area contributed by atoms with Gasteiger partial charge in [-0.15, -0.1) is 0 Å². The number of carboxylic acid groups (broad SMARTS) is 1. The molecule has 14 nitrogen and oxygen atoms in total. The van der Waals surface area contributed by atoms with Crippen LogP contribution in [0.15, 0.2) is 0 Å². The first-order valence-corrected chi connectivity index (χ1v) is 11.7. The molecular formula is C19H36N4O10S. The molecule has 0 aliphatic carbocycles. The fourth-order valence-electron chi connectivity index (χ4n) is 2.05. The lowest BCUT2D eigenvalue weighted by atomic mass is 10.3. The molecule has 0 aliphatic heterocycles. The van der Waals surface area contributed by atoms with Crippen molar-refractivity contribution in [2.45, 2.75) is 18.6 Å². The maximum absolute atomic E-state index is 12.0. The largest absolute Gasteiger partial charge is 0.481 e. The molecule has 0 heterocycles. The molecule has 0 radical (unpaired) electrons. The maximum Gasteiger partial charge on any atom is 0.407 e. The summed E-state index contributed by atoms with van der Waals surface area (Å²) in [4.78, 5) is 45.0. The van der Waals surface area contributed by atoms with E-state index in [0.717, 1.165) is 0 Å². The van der Waals surface area contributed by atoms with Crippen LogP contribution in [0.5, 0.6) is 0 Å². The van der Waals surface area contributed by atoms with E-state index in [1.165, 1.54) is 25.9 Å². The number of thioether (sulfide) groups is 1. The highest BCUT2D eigenvalue weighted by Gasteiger charge is 2.19. The van der Waals surface area contributed by atoms with Gasteiger partial charge in [-0.1, -0.05) is 0 Å². The quantitative estimate of drug-likeness (QED) is 0.122. The molecule has 0 saturated carbocycles. The normalized spacial score (nSPS) is 12.3. The van der Waals surface area contributed by atoms with Gasteiger partial charge < -0.3 is 50.5 Å². The second kappa shape index (κ2) is 21.2. The molecule has 34 heavy (non-hydrogen) atoms. The molecule has 2 atom stereocenters. The van der Waals surface area contributed by atoms with E-state index >= 15 is 0 Å². The molecule has 0 aromatic heterocycles. The monoisotopic (exact) mass is 512 g/mol. The van der Waals surface area contributed by atoms with Crippen LogP contribution in [0.25, 0.3) is 0 Å². The van der Waals surface area contributed by atoms with Gasteiger partial charge in [0.2, 0.25) is 5.91 Å². The number of hydrogen-bond acceptors (Lipinski definition) is 11. The number of carbonyl (C=O) groups is 4. The lowest BCUT2D eigenvalue weighted by Gasteiger charge is -2.18. The first-order chi connectivity index (χ1) is 16.3. The van der Waals surface area contributed by atoms with E-state index in [1.807, 2.05) is 0 Å². The Hall–Kier alpha value is -2.33. The average Bonchev–Trinajstić information content (AvgIpc) is 2.81. The Morgan fingerprint density at radius 3 is 2.06 bits per heavy atom. The first-order valence-electron chi connectivity index (χ1n) is 10.6. The minimum absolute atomic E-state index is 0.0438. The number of ether oxygens (including phenoxy) is 5. The van der Waals surface area contributed by atoms with E-state index in [-0.39, 0.29) is 50.2 Å². The van der Waals surface area contributed by atoms with Gasteiger partial charge in [-0.2, -0.15) is 11.8 Å². The highest BCUT2D eigenvalue weighted by atomic mass is 32.2. The minimum atomic E-state index is -0.910. The minimum Gasteiger partial charge on any atom is -0.481 e. The zero-order valence-corrected chi connectivity index (χ0v) is 20.4. The Kier molecular flexibility index (Phi) is 19.8. The number of carbonyl (C=O) groups excluding carboxylic acids is 3. The Morgan fingerprint density at radius 2 is 1.47 bits per heavy atom. The summed E-state index contributed by atoms with van der Waals surface area (Å²) in [5.74, 6) is -0.718. The third-order valence-electron chi connectivity index (χ3n) is 3.77. The van der Waals surface area contributed by atoms with Crippen molar-refractivity contribution < 1.29 is 48.0 Å². The second-order valence-electron chi connectivity index (χ2n) is 6.54. The predicted octanol–water partition coefficient (Wildman–Crippen LogP) is -1.23. The lowest BCUT2D eigenvalue weighted by molar-refractivity contribution is -0.138. The van der Waals surface area contributed by atoms with E-state index in [9.17, 15) is 19.2 Å². The molecule has 0 saturated heterocycles. The van der Waals surface area contributed by atoms with Crippen LogP contribution in [0.2, 0.25) is 0 Å². The fraction of sp³-hybridized carbons (Fsp3) is 0.789. The molecule has 2 unspecified atom stereocenters. The number of amides is 3. The lowest BCUT2D eigenvalue weighted by Crippen LogP contribution is -2.43. The molecule has 15 heteroatoms. The van der Waals surface area contributed by atoms with E-state index in [4.69, 9.17) is 34.5 Å². The fourth-order valence-corrected chi connectivity index (χ4v) is 3.02. The van der Waals surface area contributed by atoms with Gasteiger partial charge in [-0.05, 0) is 0 Å². The van der Waals surface area contributed by atoms with E-state index in [2.05, 4.69) is 16.0 Å². The topological polar surface area (TPSA) is 197 Å². The zero-order chi connectivity index (χ0) is 25.6. The smallest absolute Gasteiger partial charge is 0.407 e. The van der Waals surface area contributed by atoms with Gasteiger partial charge in [0.25, 0.3) is 0 Å². The van der Waals surface area contributed by atoms with Crippen LogP contribution < -0.4 is 21.7 Å². The van der Waals surface area contributed by atoms with E-state index in [0.29, 0.717) is 26.4 Å². The number of alkyl carbamates (subject to hydrolysis) is 2. The van der Waals surface area contributed by atoms with Crippen LogP contribution >= 0.6 is 11.8 Å². The molecule has 0 spiro atoms. The number of aliphatic carboxylic acids is 1.